The molecule has 0 radical (unpaired) electrons. The van der Waals surface area contributed by atoms with E-state index < -0.39 is 17.3 Å². The number of fused-ring (bicyclic) bond motifs is 1. The van der Waals surface area contributed by atoms with Crippen LogP contribution in [0, 0.1) is 0 Å². The zero-order chi connectivity index (χ0) is 10.3. The fraction of sp³-hybridized carbons (Fsp3) is 0.125. The maximum Gasteiger partial charge on any atom is 0.417 e. The Bertz CT molecular complexity index is 525. The first-order valence-corrected chi connectivity index (χ1v) is 4.49. The number of aromatic nitrogens is 1. The van der Waals surface area contributed by atoms with Crippen LogP contribution >= 0.6 is 11.5 Å². The Balaban J connectivity index is 2.85. The molecule has 0 amide bonds. The summed E-state index contributed by atoms with van der Waals surface area (Å²) in [6.45, 7) is 0. The van der Waals surface area contributed by atoms with E-state index >= 15 is 0 Å². The zero-order valence-electron chi connectivity index (χ0n) is 6.68. The maximum absolute atomic E-state index is 12.4. The first-order chi connectivity index (χ1) is 6.50. The number of aromatic amines is 1. The van der Waals surface area contributed by atoms with Gasteiger partial charge < -0.3 is 0 Å². The topological polar surface area (TPSA) is 32.9 Å². The molecule has 0 saturated heterocycles. The number of halogens is 3. The SMILES string of the molecule is O=c1[nH]sc2c(C(F)(F)F)cccc12. The molecule has 1 N–H and O–H groups in total. The van der Waals surface area contributed by atoms with Crippen molar-refractivity contribution < 1.29 is 13.2 Å². The lowest BCUT2D eigenvalue weighted by molar-refractivity contribution is -0.136. The number of nitrogens with one attached hydrogen (secondary N) is 1. The number of hydrogen-bond donors (Lipinski definition) is 1. The van der Waals surface area contributed by atoms with Gasteiger partial charge in [-0.15, -0.1) is 0 Å². The summed E-state index contributed by atoms with van der Waals surface area (Å²) in [7, 11) is 0. The first-order valence-electron chi connectivity index (χ1n) is 3.67. The van der Waals surface area contributed by atoms with Crippen molar-refractivity contribution in [2.24, 2.45) is 0 Å². The van der Waals surface area contributed by atoms with E-state index in [1.807, 2.05) is 0 Å². The molecule has 0 aliphatic carbocycles. The third-order valence-electron chi connectivity index (χ3n) is 1.81. The van der Waals surface area contributed by atoms with Crippen LogP contribution in [0.2, 0.25) is 0 Å². The van der Waals surface area contributed by atoms with Crippen LogP contribution in [-0.4, -0.2) is 4.37 Å². The minimum atomic E-state index is -4.41. The van der Waals surface area contributed by atoms with Crippen LogP contribution in [0.1, 0.15) is 5.56 Å². The number of H-pyrrole nitrogens is 1. The van der Waals surface area contributed by atoms with Gasteiger partial charge in [0, 0.05) is 0 Å². The van der Waals surface area contributed by atoms with Crippen molar-refractivity contribution in [1.82, 2.24) is 4.37 Å². The van der Waals surface area contributed by atoms with Gasteiger partial charge in [-0.05, 0) is 12.1 Å². The summed E-state index contributed by atoms with van der Waals surface area (Å²) in [6, 6.07) is 3.57. The Labute approximate surface area is 80.1 Å². The molecular weight excluding hydrogens is 215 g/mol. The average Bonchev–Trinajstić information content (AvgIpc) is 2.46. The molecule has 0 fully saturated rings. The van der Waals surface area contributed by atoms with Gasteiger partial charge in [0.2, 0.25) is 0 Å². The van der Waals surface area contributed by atoms with Crippen molar-refractivity contribution >= 4 is 21.6 Å². The van der Waals surface area contributed by atoms with Gasteiger partial charge in [0.1, 0.15) is 0 Å². The predicted octanol–water partition coefficient (Wildman–Crippen LogP) is 2.61. The fourth-order valence-corrected chi connectivity index (χ4v) is 2.07. The van der Waals surface area contributed by atoms with Gasteiger partial charge in [-0.25, -0.2) is 0 Å². The normalized spacial score (nSPS) is 12.2. The summed E-state index contributed by atoms with van der Waals surface area (Å²) in [4.78, 5) is 11.0. The van der Waals surface area contributed by atoms with Gasteiger partial charge in [0.05, 0.1) is 15.6 Å². The van der Waals surface area contributed by atoms with E-state index in [4.69, 9.17) is 0 Å². The van der Waals surface area contributed by atoms with Crippen LogP contribution < -0.4 is 5.56 Å². The molecule has 0 aliphatic rings. The second kappa shape index (κ2) is 2.84. The monoisotopic (exact) mass is 219 g/mol. The summed E-state index contributed by atoms with van der Waals surface area (Å²) < 4.78 is 39.5. The van der Waals surface area contributed by atoms with Gasteiger partial charge in [-0.3, -0.25) is 9.17 Å². The molecular formula is C8H4F3NOS. The number of alkyl halides is 3. The third-order valence-corrected chi connectivity index (χ3v) is 2.74. The third kappa shape index (κ3) is 1.31. The fourth-order valence-electron chi connectivity index (χ4n) is 1.20. The van der Waals surface area contributed by atoms with Crippen LogP contribution in [-0.2, 0) is 6.18 Å². The standard InChI is InChI=1S/C8H4F3NOS/c9-8(10,11)5-3-1-2-4-6(5)14-12-7(4)13/h1-3H,(H,12,13). The van der Waals surface area contributed by atoms with Crippen molar-refractivity contribution in [2.75, 3.05) is 0 Å². The van der Waals surface area contributed by atoms with Crippen LogP contribution in [0.3, 0.4) is 0 Å². The number of rotatable bonds is 0. The summed E-state index contributed by atoms with van der Waals surface area (Å²) in [5, 5.41) is 0.0878. The number of benzene rings is 1. The molecule has 0 unspecified atom stereocenters. The average molecular weight is 219 g/mol. The lowest BCUT2D eigenvalue weighted by Gasteiger charge is -2.05. The van der Waals surface area contributed by atoms with E-state index in [1.54, 1.807) is 0 Å². The lowest BCUT2D eigenvalue weighted by Crippen LogP contribution is -2.05. The molecule has 1 aromatic carbocycles. The largest absolute Gasteiger partial charge is 0.417 e. The Morgan fingerprint density at radius 1 is 1.29 bits per heavy atom. The van der Waals surface area contributed by atoms with E-state index in [0.29, 0.717) is 11.5 Å². The van der Waals surface area contributed by atoms with Crippen molar-refractivity contribution in [3.8, 4) is 0 Å². The highest BCUT2D eigenvalue weighted by molar-refractivity contribution is 7.13. The molecule has 1 heterocycles. The van der Waals surface area contributed by atoms with Crippen LogP contribution in [0.4, 0.5) is 13.2 Å². The smallest absolute Gasteiger partial charge is 0.277 e. The van der Waals surface area contributed by atoms with E-state index in [1.165, 1.54) is 12.1 Å². The Hall–Kier alpha value is -1.30. The first kappa shape index (κ1) is 9.26. The molecule has 14 heavy (non-hydrogen) atoms. The molecule has 0 aliphatic heterocycles. The molecule has 2 aromatic rings. The quantitative estimate of drug-likeness (QED) is 0.725. The second-order valence-corrected chi connectivity index (χ2v) is 3.53. The van der Waals surface area contributed by atoms with Gasteiger partial charge in [0.15, 0.2) is 0 Å². The Kier molecular flexibility index (Phi) is 1.88. The van der Waals surface area contributed by atoms with E-state index in [0.717, 1.165) is 6.07 Å². The van der Waals surface area contributed by atoms with Crippen LogP contribution in [0.5, 0.6) is 0 Å². The van der Waals surface area contributed by atoms with Gasteiger partial charge in [-0.2, -0.15) is 13.2 Å². The molecule has 6 heteroatoms. The highest BCUT2D eigenvalue weighted by atomic mass is 32.1. The maximum atomic E-state index is 12.4. The lowest BCUT2D eigenvalue weighted by atomic mass is 10.2. The Morgan fingerprint density at radius 3 is 2.64 bits per heavy atom. The molecule has 1 aromatic heterocycles. The molecule has 0 atom stereocenters. The zero-order valence-corrected chi connectivity index (χ0v) is 7.50. The summed E-state index contributed by atoms with van der Waals surface area (Å²) in [6.07, 6.45) is -4.41. The second-order valence-electron chi connectivity index (χ2n) is 2.71. The minimum Gasteiger partial charge on any atom is -0.277 e. The van der Waals surface area contributed by atoms with Crippen LogP contribution in [0.15, 0.2) is 23.0 Å². The van der Waals surface area contributed by atoms with Gasteiger partial charge >= 0.3 is 6.18 Å². The highest BCUT2D eigenvalue weighted by Gasteiger charge is 2.33. The Morgan fingerprint density at radius 2 is 2.00 bits per heavy atom. The molecule has 0 saturated carbocycles. The van der Waals surface area contributed by atoms with Crippen molar-refractivity contribution in [1.29, 1.82) is 0 Å². The summed E-state index contributed by atoms with van der Waals surface area (Å²) in [5.74, 6) is 0. The molecule has 0 spiro atoms. The molecule has 2 rings (SSSR count). The van der Waals surface area contributed by atoms with Crippen molar-refractivity contribution in [3.05, 3.63) is 34.1 Å². The highest BCUT2D eigenvalue weighted by Crippen LogP contribution is 2.35. The van der Waals surface area contributed by atoms with Gasteiger partial charge in [-0.1, -0.05) is 17.6 Å². The summed E-state index contributed by atoms with van der Waals surface area (Å²) in [5.41, 5.74) is -1.24. The van der Waals surface area contributed by atoms with Crippen molar-refractivity contribution in [2.45, 2.75) is 6.18 Å². The molecule has 0 bridgehead atoms. The molecule has 74 valence electrons. The van der Waals surface area contributed by atoms with E-state index in [9.17, 15) is 18.0 Å². The summed E-state index contributed by atoms with van der Waals surface area (Å²) >= 11 is 0.710. The number of hydrogen-bond acceptors (Lipinski definition) is 2. The van der Waals surface area contributed by atoms with E-state index in [2.05, 4.69) is 4.37 Å². The van der Waals surface area contributed by atoms with E-state index in [-0.39, 0.29) is 10.1 Å². The minimum absolute atomic E-state index is 0.0370. The molecule has 2 nitrogen and oxygen atoms in total. The van der Waals surface area contributed by atoms with Gasteiger partial charge in [0.25, 0.3) is 5.56 Å². The van der Waals surface area contributed by atoms with Crippen molar-refractivity contribution in [3.63, 3.8) is 0 Å². The van der Waals surface area contributed by atoms with Crippen LogP contribution in [0.25, 0.3) is 10.1 Å². The predicted molar refractivity (Wildman–Crippen MR) is 47.4 cm³/mol.